The minimum Gasteiger partial charge on any atom is -0.281 e. The van der Waals surface area contributed by atoms with Crippen LogP contribution in [-0.2, 0) is 0 Å². The summed E-state index contributed by atoms with van der Waals surface area (Å²) in [5.74, 6) is 2.97. The van der Waals surface area contributed by atoms with Gasteiger partial charge in [0.25, 0.3) is 12.1 Å². The van der Waals surface area contributed by atoms with Crippen LogP contribution < -0.4 is 9.98 Å². The Balaban J connectivity index is 2.26. The van der Waals surface area contributed by atoms with Crippen LogP contribution in [0.25, 0.3) is 0 Å². The number of terminal acetylenes is 1. The van der Waals surface area contributed by atoms with Crippen LogP contribution in [0.2, 0.25) is 0 Å². The molecule has 0 radical (unpaired) electrons. The van der Waals surface area contributed by atoms with E-state index in [0.717, 1.165) is 0 Å². The number of nitrogens with zero attached hydrogens (tertiary/aromatic N) is 3. The number of hydrogen-bond donors (Lipinski definition) is 1. The molecule has 1 aromatic carbocycles. The zero-order chi connectivity index (χ0) is 13.8. The average Bonchev–Trinajstić information content (AvgIpc) is 2.83. The van der Waals surface area contributed by atoms with E-state index >= 15 is 0 Å². The number of benzene rings is 1. The van der Waals surface area contributed by atoms with Gasteiger partial charge in [-0.05, 0) is 23.2 Å². The number of rotatable bonds is 1. The van der Waals surface area contributed by atoms with E-state index < -0.39 is 0 Å². The third kappa shape index (κ3) is 2.76. The predicted molar refractivity (Wildman–Crippen MR) is 72.9 cm³/mol. The zero-order valence-corrected chi connectivity index (χ0v) is 10.1. The van der Waals surface area contributed by atoms with Crippen molar-refractivity contribution in [1.82, 2.24) is 9.98 Å². The van der Waals surface area contributed by atoms with Crippen molar-refractivity contribution in [2.75, 3.05) is 0 Å². The van der Waals surface area contributed by atoms with E-state index in [9.17, 15) is 4.79 Å². The summed E-state index contributed by atoms with van der Waals surface area (Å²) in [4.78, 5) is 16.0. The van der Waals surface area contributed by atoms with Crippen LogP contribution in [0.4, 0.5) is 0 Å². The molecule has 0 unspecified atom stereocenters. The maximum Gasteiger partial charge on any atom is 0.389 e. The number of carbonyl (C=O) groups excluding carboxylic acids is 1. The number of carbonyl (C=O) groups is 1. The Hall–Kier alpha value is -3.14. The van der Waals surface area contributed by atoms with Crippen LogP contribution in [0, 0.1) is 23.7 Å². The minimum absolute atomic E-state index is 0.313. The molecule has 2 rings (SSSR count). The summed E-state index contributed by atoms with van der Waals surface area (Å²) >= 11 is 0. The molecule has 1 amide bonds. The molecule has 19 heavy (non-hydrogen) atoms. The highest BCUT2D eigenvalue weighted by Gasteiger charge is 2.18. The molecule has 1 aliphatic rings. The normalized spacial score (nSPS) is 12.2. The molecule has 0 spiro atoms. The van der Waals surface area contributed by atoms with E-state index in [0.29, 0.717) is 28.4 Å². The lowest BCUT2D eigenvalue weighted by molar-refractivity contribution is 0.0977. The van der Waals surface area contributed by atoms with Crippen molar-refractivity contribution >= 4 is 23.8 Å². The van der Waals surface area contributed by atoms with Gasteiger partial charge in [-0.1, -0.05) is 5.92 Å². The lowest BCUT2D eigenvalue weighted by Gasteiger charge is -2.01. The summed E-state index contributed by atoms with van der Waals surface area (Å²) in [7, 11) is 0. The van der Waals surface area contributed by atoms with E-state index in [1.54, 1.807) is 19.1 Å². The molecule has 0 aliphatic carbocycles. The quantitative estimate of drug-likeness (QED) is 0.571. The molecule has 0 saturated heterocycles. The molecule has 0 saturated carbocycles. The van der Waals surface area contributed by atoms with Crippen molar-refractivity contribution < 1.29 is 4.79 Å². The highest BCUT2D eigenvalue weighted by molar-refractivity contribution is 6.37. The van der Waals surface area contributed by atoms with E-state index in [4.69, 9.17) is 11.7 Å². The second kappa shape index (κ2) is 5.01. The Kier molecular flexibility index (Phi) is 3.25. The molecule has 1 aromatic rings. The second-order valence-corrected chi connectivity index (χ2v) is 3.81. The smallest absolute Gasteiger partial charge is 0.281 e. The molecule has 0 fully saturated rings. The van der Waals surface area contributed by atoms with Crippen molar-refractivity contribution in [2.45, 2.75) is 6.92 Å². The van der Waals surface area contributed by atoms with Gasteiger partial charge in [-0.3, -0.25) is 10.1 Å². The highest BCUT2D eigenvalue weighted by Crippen LogP contribution is 2.09. The first-order chi connectivity index (χ1) is 9.12. The van der Waals surface area contributed by atoms with Crippen molar-refractivity contribution in [3.8, 4) is 18.4 Å². The summed E-state index contributed by atoms with van der Waals surface area (Å²) in [5, 5.41) is 11.5. The summed E-state index contributed by atoms with van der Waals surface area (Å²) in [6.07, 6.45) is 6.75. The van der Waals surface area contributed by atoms with Crippen LogP contribution in [0.15, 0.2) is 23.2 Å². The fourth-order valence-corrected chi connectivity index (χ4v) is 1.54. The van der Waals surface area contributed by atoms with Gasteiger partial charge in [0.05, 0.1) is 18.6 Å². The first kappa shape index (κ1) is 12.3. The minimum atomic E-state index is -0.381. The standard InChI is InChI=1S/C14H8N4O/c1-3-10-4-11(7-15)6-12(5-10)14(19)18-13-8-16-9(2)17-13/h1,4-6,8H,2H3/p+1. The molecule has 5 nitrogen and oxygen atoms in total. The van der Waals surface area contributed by atoms with Gasteiger partial charge >= 0.3 is 11.7 Å². The third-order valence-corrected chi connectivity index (χ3v) is 2.39. The fourth-order valence-electron chi connectivity index (χ4n) is 1.54. The molecule has 0 aromatic heterocycles. The Morgan fingerprint density at radius 1 is 1.42 bits per heavy atom. The van der Waals surface area contributed by atoms with Crippen LogP contribution in [-0.4, -0.2) is 23.8 Å². The van der Waals surface area contributed by atoms with Gasteiger partial charge in [-0.25, -0.2) is 4.67 Å². The van der Waals surface area contributed by atoms with E-state index in [1.807, 2.05) is 6.07 Å². The third-order valence-electron chi connectivity index (χ3n) is 2.39. The molecule has 0 bridgehead atoms. The van der Waals surface area contributed by atoms with E-state index in [2.05, 4.69) is 20.9 Å². The van der Waals surface area contributed by atoms with Crippen molar-refractivity contribution in [2.24, 2.45) is 4.99 Å². The predicted octanol–water partition coefficient (Wildman–Crippen LogP) is 0.238. The van der Waals surface area contributed by atoms with Gasteiger partial charge in [0.15, 0.2) is 0 Å². The molecular weight excluding hydrogens is 240 g/mol. The first-order valence-electron chi connectivity index (χ1n) is 5.42. The number of hydrogen-bond acceptors (Lipinski definition) is 3. The first-order valence-corrected chi connectivity index (χ1v) is 5.42. The molecule has 5 heteroatoms. The van der Waals surface area contributed by atoms with Crippen LogP contribution >= 0.6 is 0 Å². The molecule has 1 N–H and O–H groups in total. The second-order valence-electron chi connectivity index (χ2n) is 3.81. The van der Waals surface area contributed by atoms with Crippen LogP contribution in [0.5, 0.6) is 0 Å². The van der Waals surface area contributed by atoms with Gasteiger partial charge in [0, 0.05) is 11.1 Å². The van der Waals surface area contributed by atoms with Gasteiger partial charge < -0.3 is 0 Å². The Bertz CT molecular complexity index is 705. The molecule has 1 heterocycles. The van der Waals surface area contributed by atoms with Crippen molar-refractivity contribution in [3.05, 3.63) is 34.9 Å². The van der Waals surface area contributed by atoms with Gasteiger partial charge in [-0.2, -0.15) is 5.26 Å². The number of amides is 1. The van der Waals surface area contributed by atoms with Crippen molar-refractivity contribution in [3.63, 3.8) is 0 Å². The fraction of sp³-hybridized carbons (Fsp3) is 0.0714. The maximum absolute atomic E-state index is 12.0. The molecule has 0 atom stereocenters. The van der Waals surface area contributed by atoms with E-state index in [1.165, 1.54) is 12.3 Å². The number of amidine groups is 2. The Morgan fingerprint density at radius 3 is 2.74 bits per heavy atom. The SMILES string of the molecule is C#Cc1cc(C#N)cc(C(=O)NC2=NC(C)=[N+]=C2)c1. The summed E-state index contributed by atoms with van der Waals surface area (Å²) in [6, 6.07) is 6.52. The lowest BCUT2D eigenvalue weighted by atomic mass is 10.1. The van der Waals surface area contributed by atoms with Gasteiger partial charge in [-0.15, -0.1) is 6.42 Å². The number of nitrogens with one attached hydrogen (secondary N) is 1. The number of nitriles is 1. The Morgan fingerprint density at radius 2 is 2.16 bits per heavy atom. The molecule has 90 valence electrons. The van der Waals surface area contributed by atoms with Crippen LogP contribution in [0.1, 0.15) is 28.4 Å². The summed E-state index contributed by atoms with van der Waals surface area (Å²) < 4.78 is 3.92. The zero-order valence-electron chi connectivity index (χ0n) is 10.1. The largest absolute Gasteiger partial charge is 0.389 e. The van der Waals surface area contributed by atoms with Gasteiger partial charge in [0.2, 0.25) is 0 Å². The maximum atomic E-state index is 12.0. The highest BCUT2D eigenvalue weighted by atomic mass is 16.1. The molecular formula is C14H9N4O+. The topological polar surface area (TPSA) is 79.3 Å². The monoisotopic (exact) mass is 249 g/mol. The summed E-state index contributed by atoms with van der Waals surface area (Å²) in [6.45, 7) is 1.72. The lowest BCUT2D eigenvalue weighted by Crippen LogP contribution is -2.31. The Labute approximate surface area is 110 Å². The number of aliphatic imine (C=N–C) groups is 1. The van der Waals surface area contributed by atoms with Crippen molar-refractivity contribution in [1.29, 1.82) is 5.26 Å². The summed E-state index contributed by atoms with van der Waals surface area (Å²) in [5.41, 5.74) is 1.13. The van der Waals surface area contributed by atoms with Gasteiger partial charge in [0.1, 0.15) is 0 Å². The average molecular weight is 249 g/mol. The van der Waals surface area contributed by atoms with E-state index in [-0.39, 0.29) is 5.91 Å². The van der Waals surface area contributed by atoms with Crippen LogP contribution in [0.3, 0.4) is 0 Å². The molecule has 1 aliphatic heterocycles.